The highest BCUT2D eigenvalue weighted by Crippen LogP contribution is 2.22. The summed E-state index contributed by atoms with van der Waals surface area (Å²) >= 11 is 6.47. The summed E-state index contributed by atoms with van der Waals surface area (Å²) in [6.45, 7) is 5.99. The first kappa shape index (κ1) is 31.3. The Balaban J connectivity index is 1.85. The van der Waals surface area contributed by atoms with E-state index in [1.165, 1.54) is 11.4 Å². The van der Waals surface area contributed by atoms with Crippen LogP contribution in [0.5, 0.6) is 0 Å². The van der Waals surface area contributed by atoms with Gasteiger partial charge < -0.3 is 10.2 Å². The van der Waals surface area contributed by atoms with E-state index in [-0.39, 0.29) is 36.2 Å². The van der Waals surface area contributed by atoms with Gasteiger partial charge in [0.05, 0.1) is 4.90 Å². The van der Waals surface area contributed by atoms with Crippen molar-refractivity contribution in [3.8, 4) is 0 Å². The van der Waals surface area contributed by atoms with Crippen molar-refractivity contribution < 1.29 is 18.0 Å². The van der Waals surface area contributed by atoms with Gasteiger partial charge in [-0.3, -0.25) is 9.59 Å². The summed E-state index contributed by atoms with van der Waals surface area (Å²) in [7, 11) is -2.17. The summed E-state index contributed by atoms with van der Waals surface area (Å²) in [5, 5.41) is 3.54. The SMILES string of the molecule is CN(CCCC(=O)N(Cc1ccccc1Cl)C(Cc1ccccc1)C(=O)NC(C)(C)C)S(=O)(=O)c1ccccc1. The van der Waals surface area contributed by atoms with Crippen LogP contribution in [-0.4, -0.2) is 54.6 Å². The topological polar surface area (TPSA) is 86.8 Å². The maximum absolute atomic E-state index is 13.8. The zero-order chi connectivity index (χ0) is 29.3. The molecule has 0 fully saturated rings. The van der Waals surface area contributed by atoms with Crippen LogP contribution < -0.4 is 5.32 Å². The van der Waals surface area contributed by atoms with E-state index in [2.05, 4.69) is 5.32 Å². The van der Waals surface area contributed by atoms with E-state index in [0.29, 0.717) is 17.9 Å². The highest BCUT2D eigenvalue weighted by atomic mass is 35.5. The quantitative estimate of drug-likeness (QED) is 0.314. The van der Waals surface area contributed by atoms with Gasteiger partial charge in [-0.25, -0.2) is 12.7 Å². The Hall–Kier alpha value is -3.20. The normalized spacial score (nSPS) is 12.7. The number of hydrogen-bond donors (Lipinski definition) is 1. The zero-order valence-corrected chi connectivity index (χ0v) is 25.1. The van der Waals surface area contributed by atoms with Crippen molar-refractivity contribution in [2.75, 3.05) is 13.6 Å². The van der Waals surface area contributed by atoms with E-state index < -0.39 is 21.6 Å². The van der Waals surface area contributed by atoms with Gasteiger partial charge in [-0.1, -0.05) is 78.3 Å². The number of amides is 2. The van der Waals surface area contributed by atoms with Crippen molar-refractivity contribution in [3.63, 3.8) is 0 Å². The van der Waals surface area contributed by atoms with Crippen molar-refractivity contribution in [3.05, 3.63) is 101 Å². The molecular weight excluding hydrogens is 546 g/mol. The van der Waals surface area contributed by atoms with Gasteiger partial charge in [0.25, 0.3) is 0 Å². The van der Waals surface area contributed by atoms with Crippen LogP contribution in [0.3, 0.4) is 0 Å². The molecule has 40 heavy (non-hydrogen) atoms. The van der Waals surface area contributed by atoms with Crippen LogP contribution in [0.25, 0.3) is 0 Å². The van der Waals surface area contributed by atoms with Crippen LogP contribution in [0, 0.1) is 0 Å². The average Bonchev–Trinajstić information content (AvgIpc) is 2.91. The second-order valence-electron chi connectivity index (χ2n) is 10.8. The minimum atomic E-state index is -3.68. The van der Waals surface area contributed by atoms with Crippen molar-refractivity contribution in [1.82, 2.24) is 14.5 Å². The molecule has 0 saturated carbocycles. The molecule has 0 heterocycles. The predicted molar refractivity (Wildman–Crippen MR) is 159 cm³/mol. The molecule has 0 aromatic heterocycles. The number of carbonyl (C=O) groups excluding carboxylic acids is 2. The van der Waals surface area contributed by atoms with Crippen molar-refractivity contribution >= 4 is 33.4 Å². The molecule has 214 valence electrons. The van der Waals surface area contributed by atoms with Crippen LogP contribution >= 0.6 is 11.6 Å². The van der Waals surface area contributed by atoms with Gasteiger partial charge in [0, 0.05) is 43.5 Å². The lowest BCUT2D eigenvalue weighted by Crippen LogP contribution is -2.54. The molecule has 0 aliphatic rings. The predicted octanol–water partition coefficient (Wildman–Crippen LogP) is 5.30. The Morgan fingerprint density at radius 2 is 1.48 bits per heavy atom. The third kappa shape index (κ3) is 8.91. The molecular formula is C31H38ClN3O4S. The first-order chi connectivity index (χ1) is 18.9. The third-order valence-corrected chi connectivity index (χ3v) is 8.62. The number of rotatable bonds is 12. The van der Waals surface area contributed by atoms with Crippen molar-refractivity contribution in [1.29, 1.82) is 0 Å². The Morgan fingerprint density at radius 1 is 0.900 bits per heavy atom. The van der Waals surface area contributed by atoms with Gasteiger partial charge in [0.1, 0.15) is 6.04 Å². The van der Waals surface area contributed by atoms with E-state index >= 15 is 0 Å². The molecule has 7 nitrogen and oxygen atoms in total. The molecule has 3 aromatic rings. The molecule has 1 atom stereocenters. The fourth-order valence-electron chi connectivity index (χ4n) is 4.31. The van der Waals surface area contributed by atoms with Gasteiger partial charge in [0.2, 0.25) is 21.8 Å². The summed E-state index contributed by atoms with van der Waals surface area (Å²) in [6, 6.07) is 24.2. The van der Waals surface area contributed by atoms with E-state index in [1.54, 1.807) is 41.3 Å². The fraction of sp³-hybridized carbons (Fsp3) is 0.355. The lowest BCUT2D eigenvalue weighted by atomic mass is 10.00. The van der Waals surface area contributed by atoms with E-state index in [0.717, 1.165) is 11.1 Å². The maximum Gasteiger partial charge on any atom is 0.243 e. The summed E-state index contributed by atoms with van der Waals surface area (Å²) in [5.41, 5.74) is 1.14. The Morgan fingerprint density at radius 3 is 2.08 bits per heavy atom. The van der Waals surface area contributed by atoms with Crippen molar-refractivity contribution in [2.45, 2.75) is 63.1 Å². The first-order valence-electron chi connectivity index (χ1n) is 13.3. The minimum absolute atomic E-state index is 0.0627. The van der Waals surface area contributed by atoms with Crippen LogP contribution in [0.2, 0.25) is 5.02 Å². The van der Waals surface area contributed by atoms with E-state index in [9.17, 15) is 18.0 Å². The molecule has 0 radical (unpaired) electrons. The summed E-state index contributed by atoms with van der Waals surface area (Å²) in [6.07, 6.45) is 0.674. The number of halogens is 1. The van der Waals surface area contributed by atoms with Crippen LogP contribution in [0.15, 0.2) is 89.8 Å². The molecule has 3 rings (SSSR count). The zero-order valence-electron chi connectivity index (χ0n) is 23.5. The lowest BCUT2D eigenvalue weighted by Gasteiger charge is -2.34. The van der Waals surface area contributed by atoms with Gasteiger partial charge in [-0.05, 0) is 56.5 Å². The number of nitrogens with one attached hydrogen (secondary N) is 1. The minimum Gasteiger partial charge on any atom is -0.350 e. The molecule has 0 spiro atoms. The molecule has 0 aliphatic carbocycles. The second-order valence-corrected chi connectivity index (χ2v) is 13.3. The molecule has 2 amide bonds. The highest BCUT2D eigenvalue weighted by molar-refractivity contribution is 7.89. The molecule has 0 saturated heterocycles. The Bertz CT molecular complexity index is 1380. The number of carbonyl (C=O) groups is 2. The number of sulfonamides is 1. The Kier molecular flexibility index (Phi) is 10.9. The van der Waals surface area contributed by atoms with Crippen LogP contribution in [0.4, 0.5) is 0 Å². The van der Waals surface area contributed by atoms with Gasteiger partial charge >= 0.3 is 0 Å². The average molecular weight is 584 g/mol. The van der Waals surface area contributed by atoms with E-state index in [4.69, 9.17) is 11.6 Å². The summed E-state index contributed by atoms with van der Waals surface area (Å²) in [5.74, 6) is -0.518. The van der Waals surface area contributed by atoms with E-state index in [1.807, 2.05) is 69.3 Å². The fourth-order valence-corrected chi connectivity index (χ4v) is 5.73. The molecule has 1 N–H and O–H groups in total. The lowest BCUT2D eigenvalue weighted by molar-refractivity contribution is -0.142. The number of hydrogen-bond acceptors (Lipinski definition) is 4. The molecule has 9 heteroatoms. The smallest absolute Gasteiger partial charge is 0.243 e. The monoisotopic (exact) mass is 583 g/mol. The summed E-state index contributed by atoms with van der Waals surface area (Å²) < 4.78 is 27.1. The van der Waals surface area contributed by atoms with Crippen molar-refractivity contribution in [2.24, 2.45) is 0 Å². The molecule has 0 bridgehead atoms. The Labute approximate surface area is 243 Å². The standard InChI is InChI=1S/C31H38ClN3O4S/c1-31(2,3)33-30(37)28(22-24-14-7-5-8-15-24)35(23-25-16-11-12-19-27(25)32)29(36)20-13-21-34(4)40(38,39)26-17-9-6-10-18-26/h5-12,14-19,28H,13,20-23H2,1-4H3,(H,33,37). The van der Waals surface area contributed by atoms with Gasteiger partial charge in [0.15, 0.2) is 0 Å². The van der Waals surface area contributed by atoms with Gasteiger partial charge in [-0.15, -0.1) is 0 Å². The summed E-state index contributed by atoms with van der Waals surface area (Å²) in [4.78, 5) is 29.2. The highest BCUT2D eigenvalue weighted by Gasteiger charge is 2.32. The third-order valence-electron chi connectivity index (χ3n) is 6.38. The first-order valence-corrected chi connectivity index (χ1v) is 15.1. The van der Waals surface area contributed by atoms with Crippen LogP contribution in [-0.2, 0) is 32.6 Å². The van der Waals surface area contributed by atoms with Gasteiger partial charge in [-0.2, -0.15) is 0 Å². The molecule has 1 unspecified atom stereocenters. The maximum atomic E-state index is 13.8. The molecule has 3 aromatic carbocycles. The number of nitrogens with zero attached hydrogens (tertiary/aromatic N) is 2. The second kappa shape index (κ2) is 13.9. The van der Waals surface area contributed by atoms with Crippen LogP contribution in [0.1, 0.15) is 44.7 Å². The molecule has 0 aliphatic heterocycles. The largest absolute Gasteiger partial charge is 0.350 e. The number of benzene rings is 3.